The van der Waals surface area contributed by atoms with Crippen LogP contribution in [0.3, 0.4) is 0 Å². The van der Waals surface area contributed by atoms with Gasteiger partial charge in [0.2, 0.25) is 0 Å². The molecule has 0 saturated carbocycles. The highest BCUT2D eigenvalue weighted by atomic mass is 32.2. The van der Waals surface area contributed by atoms with E-state index >= 15 is 0 Å². The number of nitrogens with one attached hydrogen (secondary N) is 1. The number of hydrogen-bond donors (Lipinski definition) is 1. The van der Waals surface area contributed by atoms with E-state index in [1.54, 1.807) is 0 Å². The van der Waals surface area contributed by atoms with Gasteiger partial charge in [-0.05, 0) is 33.8 Å². The van der Waals surface area contributed by atoms with Crippen molar-refractivity contribution in [3.05, 3.63) is 29.8 Å². The van der Waals surface area contributed by atoms with E-state index in [1.807, 2.05) is 52.0 Å². The van der Waals surface area contributed by atoms with Gasteiger partial charge in [0.1, 0.15) is 0 Å². The number of thiocarbonyl (C=S) groups is 1. The van der Waals surface area contributed by atoms with Crippen LogP contribution in [0.4, 0.5) is 5.69 Å². The molecule has 1 aliphatic rings. The molecule has 0 saturated heterocycles. The molecule has 2 rings (SSSR count). The maximum atomic E-state index is 13.2. The lowest BCUT2D eigenvalue weighted by Gasteiger charge is -2.33. The van der Waals surface area contributed by atoms with Crippen LogP contribution < -0.4 is 5.32 Å². The van der Waals surface area contributed by atoms with Crippen molar-refractivity contribution in [1.82, 2.24) is 0 Å². The summed E-state index contributed by atoms with van der Waals surface area (Å²) < 4.78 is 25.1. The molecule has 1 aromatic rings. The minimum absolute atomic E-state index is 0.192. The molecule has 1 unspecified atom stereocenters. The molecule has 0 aromatic heterocycles. The summed E-state index contributed by atoms with van der Waals surface area (Å²) in [5.74, 6) is 0. The molecule has 0 radical (unpaired) electrons. The van der Waals surface area contributed by atoms with Crippen molar-refractivity contribution >= 4 is 41.5 Å². The summed E-state index contributed by atoms with van der Waals surface area (Å²) in [6.45, 7) is 7.37. The third-order valence-corrected chi connectivity index (χ3v) is 7.16. The standard InChI is InChI=1S/C14H20NO3PS2/c1-9(2)17-19(16,18-10(3)4)14-15-12-8-6-5-7-11(12)13(20)21-14/h5-10,14-15H,1-4H3. The van der Waals surface area contributed by atoms with E-state index in [0.717, 1.165) is 11.3 Å². The molecule has 0 amide bonds. The zero-order valence-corrected chi connectivity index (χ0v) is 15.1. The summed E-state index contributed by atoms with van der Waals surface area (Å²) in [6.07, 6.45) is -0.384. The summed E-state index contributed by atoms with van der Waals surface area (Å²) in [5.41, 5.74) is 1.82. The van der Waals surface area contributed by atoms with Crippen LogP contribution in [-0.4, -0.2) is 21.5 Å². The van der Waals surface area contributed by atoms with Gasteiger partial charge >= 0.3 is 7.60 Å². The molecule has 1 heterocycles. The molecule has 1 aliphatic heterocycles. The lowest BCUT2D eigenvalue weighted by atomic mass is 10.2. The second-order valence-electron chi connectivity index (χ2n) is 5.30. The third kappa shape index (κ3) is 4.08. The van der Waals surface area contributed by atoms with Gasteiger partial charge in [0.25, 0.3) is 0 Å². The molecule has 21 heavy (non-hydrogen) atoms. The number of rotatable bonds is 5. The number of hydrogen-bond acceptors (Lipinski definition) is 6. The van der Waals surface area contributed by atoms with Crippen LogP contribution in [0.1, 0.15) is 33.3 Å². The molecule has 1 aromatic carbocycles. The highest BCUT2D eigenvalue weighted by Gasteiger charge is 2.42. The van der Waals surface area contributed by atoms with E-state index in [1.165, 1.54) is 11.8 Å². The number of thioether (sulfide) groups is 1. The molecule has 4 nitrogen and oxygen atoms in total. The molecule has 0 bridgehead atoms. The molecule has 0 fully saturated rings. The van der Waals surface area contributed by atoms with Crippen LogP contribution in [0.25, 0.3) is 0 Å². The molecular weight excluding hydrogens is 325 g/mol. The first-order valence-electron chi connectivity index (χ1n) is 6.85. The lowest BCUT2D eigenvalue weighted by Crippen LogP contribution is -2.27. The fraction of sp³-hybridized carbons (Fsp3) is 0.500. The summed E-state index contributed by atoms with van der Waals surface area (Å²) in [6, 6.07) is 7.72. The molecule has 1 N–H and O–H groups in total. The van der Waals surface area contributed by atoms with Crippen LogP contribution in [0, 0.1) is 0 Å². The summed E-state index contributed by atoms with van der Waals surface area (Å²) in [5, 5.41) is 2.72. The fourth-order valence-corrected chi connectivity index (χ4v) is 6.23. The van der Waals surface area contributed by atoms with E-state index < -0.39 is 12.7 Å². The number of fused-ring (bicyclic) bond motifs is 1. The Morgan fingerprint density at radius 1 is 1.19 bits per heavy atom. The summed E-state index contributed by atoms with van der Waals surface area (Å²) in [4.78, 5) is 0. The number of para-hydroxylation sites is 1. The van der Waals surface area contributed by atoms with Gasteiger partial charge in [0, 0.05) is 11.3 Å². The van der Waals surface area contributed by atoms with Crippen molar-refractivity contribution in [1.29, 1.82) is 0 Å². The van der Waals surface area contributed by atoms with Crippen LogP contribution in [-0.2, 0) is 13.6 Å². The minimum Gasteiger partial charge on any atom is -0.363 e. The van der Waals surface area contributed by atoms with E-state index in [9.17, 15) is 4.57 Å². The van der Waals surface area contributed by atoms with E-state index in [0.29, 0.717) is 4.20 Å². The van der Waals surface area contributed by atoms with Crippen molar-refractivity contribution in [2.45, 2.75) is 45.0 Å². The lowest BCUT2D eigenvalue weighted by molar-refractivity contribution is 0.142. The van der Waals surface area contributed by atoms with Crippen LogP contribution in [0.2, 0.25) is 0 Å². The number of anilines is 1. The highest BCUT2D eigenvalue weighted by molar-refractivity contribution is 8.26. The van der Waals surface area contributed by atoms with Crippen LogP contribution >= 0.6 is 31.6 Å². The second kappa shape index (κ2) is 6.80. The summed E-state index contributed by atoms with van der Waals surface area (Å²) in [7, 11) is -3.34. The Morgan fingerprint density at radius 2 is 1.76 bits per heavy atom. The first kappa shape index (κ1) is 17.0. The number of benzene rings is 1. The van der Waals surface area contributed by atoms with Gasteiger partial charge in [-0.3, -0.25) is 4.57 Å². The maximum absolute atomic E-state index is 13.2. The SMILES string of the molecule is CC(C)OP(=O)(OC(C)C)C1Nc2ccccc2C(=S)S1. The molecular formula is C14H20NO3PS2. The van der Waals surface area contributed by atoms with Crippen molar-refractivity contribution in [2.24, 2.45) is 0 Å². The van der Waals surface area contributed by atoms with E-state index in [2.05, 4.69) is 5.32 Å². The average Bonchev–Trinajstić information content (AvgIpc) is 2.36. The Labute approximate surface area is 135 Å². The van der Waals surface area contributed by atoms with Crippen molar-refractivity contribution < 1.29 is 13.6 Å². The Hall–Kier alpha value is -0.390. The Kier molecular flexibility index (Phi) is 5.49. The van der Waals surface area contributed by atoms with Gasteiger partial charge in [0.05, 0.1) is 16.4 Å². The zero-order valence-electron chi connectivity index (χ0n) is 12.5. The highest BCUT2D eigenvalue weighted by Crippen LogP contribution is 2.60. The molecule has 0 spiro atoms. The summed E-state index contributed by atoms with van der Waals surface area (Å²) >= 11 is 6.75. The van der Waals surface area contributed by atoms with Gasteiger partial charge in [-0.25, -0.2) is 0 Å². The van der Waals surface area contributed by atoms with Gasteiger partial charge < -0.3 is 14.4 Å². The van der Waals surface area contributed by atoms with Crippen molar-refractivity contribution in [2.75, 3.05) is 5.32 Å². The quantitative estimate of drug-likeness (QED) is 0.608. The predicted octanol–water partition coefficient (Wildman–Crippen LogP) is 4.85. The van der Waals surface area contributed by atoms with Gasteiger partial charge in [0.15, 0.2) is 5.11 Å². The third-order valence-electron chi connectivity index (χ3n) is 2.65. The van der Waals surface area contributed by atoms with Crippen LogP contribution in [0.5, 0.6) is 0 Å². The normalized spacial score (nSPS) is 18.8. The molecule has 116 valence electrons. The second-order valence-corrected chi connectivity index (χ2v) is 9.44. The average molecular weight is 345 g/mol. The van der Waals surface area contributed by atoms with Crippen molar-refractivity contribution in [3.63, 3.8) is 0 Å². The smallest absolute Gasteiger partial charge is 0.363 e. The Bertz CT molecular complexity index is 563. The molecule has 0 aliphatic carbocycles. The Balaban J connectivity index is 2.31. The van der Waals surface area contributed by atoms with E-state index in [-0.39, 0.29) is 12.2 Å². The Morgan fingerprint density at radius 3 is 2.33 bits per heavy atom. The first-order valence-corrected chi connectivity index (χ1v) is 9.75. The maximum Gasteiger partial charge on any atom is 0.363 e. The van der Waals surface area contributed by atoms with E-state index in [4.69, 9.17) is 21.3 Å². The molecule has 1 atom stereocenters. The van der Waals surface area contributed by atoms with Gasteiger partial charge in [-0.2, -0.15) is 0 Å². The van der Waals surface area contributed by atoms with Crippen molar-refractivity contribution in [3.8, 4) is 0 Å². The minimum atomic E-state index is -3.34. The zero-order chi connectivity index (χ0) is 15.6. The monoisotopic (exact) mass is 345 g/mol. The topological polar surface area (TPSA) is 47.6 Å². The molecule has 7 heteroatoms. The van der Waals surface area contributed by atoms with Gasteiger partial charge in [-0.1, -0.05) is 42.2 Å². The largest absolute Gasteiger partial charge is 0.363 e. The van der Waals surface area contributed by atoms with Crippen LogP contribution in [0.15, 0.2) is 24.3 Å². The van der Waals surface area contributed by atoms with Gasteiger partial charge in [-0.15, -0.1) is 0 Å². The predicted molar refractivity (Wildman–Crippen MR) is 93.2 cm³/mol. The first-order chi connectivity index (χ1) is 9.82. The fourth-order valence-electron chi connectivity index (χ4n) is 1.98.